The number of fused-ring (bicyclic) bond motifs is 1. The van der Waals surface area contributed by atoms with Gasteiger partial charge in [0.05, 0.1) is 22.9 Å². The van der Waals surface area contributed by atoms with Crippen molar-refractivity contribution in [3.63, 3.8) is 0 Å². The van der Waals surface area contributed by atoms with Crippen molar-refractivity contribution in [1.29, 1.82) is 0 Å². The average Bonchev–Trinajstić information content (AvgIpc) is 3.30. The largest absolute Gasteiger partial charge is 0.463 e. The summed E-state index contributed by atoms with van der Waals surface area (Å²) in [5.74, 6) is 0.313. The maximum atomic E-state index is 12.7. The lowest BCUT2D eigenvalue weighted by molar-refractivity contribution is 0.0952. The highest BCUT2D eigenvalue weighted by atomic mass is 16.5. The monoisotopic (exact) mass is 334 g/mol. The molecular weight excluding hydrogens is 320 g/mol. The Morgan fingerprint density at radius 3 is 2.96 bits per heavy atom. The van der Waals surface area contributed by atoms with Gasteiger partial charge in [-0.05, 0) is 36.8 Å². The second-order valence-electron chi connectivity index (χ2n) is 5.52. The molecular formula is C18H14N4O3. The Hall–Kier alpha value is -3.48. The van der Waals surface area contributed by atoms with E-state index in [1.807, 2.05) is 12.1 Å². The van der Waals surface area contributed by atoms with Gasteiger partial charge in [0.2, 0.25) is 0 Å². The lowest BCUT2D eigenvalue weighted by atomic mass is 10.1. The lowest BCUT2D eigenvalue weighted by Gasteiger charge is -2.07. The van der Waals surface area contributed by atoms with Crippen LogP contribution in [0.25, 0.3) is 22.6 Å². The van der Waals surface area contributed by atoms with Crippen molar-refractivity contribution >= 4 is 17.0 Å². The normalized spacial score (nSPS) is 10.9. The molecule has 4 rings (SSSR count). The predicted molar refractivity (Wildman–Crippen MR) is 89.7 cm³/mol. The molecule has 0 aliphatic heterocycles. The number of nitrogens with zero attached hydrogens (tertiary/aromatic N) is 3. The van der Waals surface area contributed by atoms with Gasteiger partial charge in [-0.25, -0.2) is 4.98 Å². The van der Waals surface area contributed by atoms with E-state index in [0.29, 0.717) is 40.4 Å². The van der Waals surface area contributed by atoms with Crippen LogP contribution in [0.15, 0.2) is 57.9 Å². The highest BCUT2D eigenvalue weighted by Crippen LogP contribution is 2.27. The van der Waals surface area contributed by atoms with Crippen LogP contribution in [0, 0.1) is 6.92 Å². The molecule has 7 heteroatoms. The van der Waals surface area contributed by atoms with Crippen LogP contribution in [-0.4, -0.2) is 21.0 Å². The van der Waals surface area contributed by atoms with Gasteiger partial charge >= 0.3 is 0 Å². The number of nitrogens with one attached hydrogen (secondary N) is 1. The van der Waals surface area contributed by atoms with Crippen molar-refractivity contribution < 1.29 is 13.7 Å². The minimum absolute atomic E-state index is 0.240. The molecule has 7 nitrogen and oxygen atoms in total. The zero-order valence-corrected chi connectivity index (χ0v) is 13.4. The average molecular weight is 334 g/mol. The quantitative estimate of drug-likeness (QED) is 0.616. The fraction of sp³-hybridized carbons (Fsp3) is 0.111. The number of hydrogen-bond acceptors (Lipinski definition) is 6. The third-order valence-electron chi connectivity index (χ3n) is 3.81. The summed E-state index contributed by atoms with van der Waals surface area (Å²) in [6, 6.07) is 8.94. The Balaban J connectivity index is 1.71. The fourth-order valence-electron chi connectivity index (χ4n) is 2.60. The van der Waals surface area contributed by atoms with Crippen molar-refractivity contribution in [2.75, 3.05) is 0 Å². The van der Waals surface area contributed by atoms with Gasteiger partial charge in [-0.2, -0.15) is 0 Å². The smallest absolute Gasteiger partial charge is 0.259 e. The summed E-state index contributed by atoms with van der Waals surface area (Å²) in [6.45, 7) is 2.15. The molecule has 0 fully saturated rings. The van der Waals surface area contributed by atoms with Gasteiger partial charge < -0.3 is 14.3 Å². The molecule has 0 unspecified atom stereocenters. The van der Waals surface area contributed by atoms with Crippen molar-refractivity contribution in [3.05, 3.63) is 65.8 Å². The summed E-state index contributed by atoms with van der Waals surface area (Å²) >= 11 is 0. The summed E-state index contributed by atoms with van der Waals surface area (Å²) in [5.41, 5.74) is 2.78. The molecule has 4 heterocycles. The molecule has 0 saturated heterocycles. The van der Waals surface area contributed by atoms with Crippen molar-refractivity contribution in [3.8, 4) is 11.5 Å². The first kappa shape index (κ1) is 15.1. The van der Waals surface area contributed by atoms with Crippen molar-refractivity contribution in [2.24, 2.45) is 0 Å². The molecule has 0 aliphatic carbocycles. The maximum Gasteiger partial charge on any atom is 0.259 e. The molecule has 0 aromatic carbocycles. The SMILES string of the molecule is Cc1noc2nc(-c3ccco3)cc(C(=O)NCc3cccnc3)c12. The number of hydrogen-bond donors (Lipinski definition) is 1. The molecule has 4 aromatic rings. The Morgan fingerprint density at radius 1 is 1.28 bits per heavy atom. The van der Waals surface area contributed by atoms with Crippen LogP contribution in [0.4, 0.5) is 0 Å². The lowest BCUT2D eigenvalue weighted by Crippen LogP contribution is -2.23. The van der Waals surface area contributed by atoms with Crippen LogP contribution in [0.1, 0.15) is 21.6 Å². The number of furan rings is 1. The molecule has 4 aromatic heterocycles. The molecule has 1 amide bonds. The first-order valence-corrected chi connectivity index (χ1v) is 7.70. The van der Waals surface area contributed by atoms with Gasteiger partial charge in [-0.3, -0.25) is 9.78 Å². The Bertz CT molecular complexity index is 1020. The van der Waals surface area contributed by atoms with Crippen LogP contribution in [0.2, 0.25) is 0 Å². The second-order valence-corrected chi connectivity index (χ2v) is 5.52. The van der Waals surface area contributed by atoms with Gasteiger partial charge in [0.1, 0.15) is 5.69 Å². The number of carbonyl (C=O) groups is 1. The number of aromatic nitrogens is 3. The number of rotatable bonds is 4. The predicted octanol–water partition coefficient (Wildman–Crippen LogP) is 3.12. The third kappa shape index (κ3) is 2.87. The van der Waals surface area contributed by atoms with E-state index in [9.17, 15) is 4.79 Å². The van der Waals surface area contributed by atoms with E-state index in [-0.39, 0.29) is 5.91 Å². The summed E-state index contributed by atoms with van der Waals surface area (Å²) in [4.78, 5) is 21.2. The second kappa shape index (κ2) is 6.20. The minimum Gasteiger partial charge on any atom is -0.463 e. The summed E-state index contributed by atoms with van der Waals surface area (Å²) in [7, 11) is 0. The fourth-order valence-corrected chi connectivity index (χ4v) is 2.60. The topological polar surface area (TPSA) is 94.0 Å². The summed E-state index contributed by atoms with van der Waals surface area (Å²) in [6.07, 6.45) is 4.95. The van der Waals surface area contributed by atoms with Crippen LogP contribution >= 0.6 is 0 Å². The highest BCUT2D eigenvalue weighted by molar-refractivity contribution is 6.06. The maximum absolute atomic E-state index is 12.7. The van der Waals surface area contributed by atoms with E-state index in [2.05, 4.69) is 20.4 Å². The molecule has 25 heavy (non-hydrogen) atoms. The molecule has 1 N–H and O–H groups in total. The minimum atomic E-state index is -0.240. The molecule has 0 atom stereocenters. The van der Waals surface area contributed by atoms with E-state index in [4.69, 9.17) is 8.94 Å². The van der Waals surface area contributed by atoms with E-state index in [1.54, 1.807) is 43.8 Å². The van der Waals surface area contributed by atoms with Gasteiger partial charge in [-0.15, -0.1) is 0 Å². The summed E-state index contributed by atoms with van der Waals surface area (Å²) in [5, 5.41) is 7.41. The Morgan fingerprint density at radius 2 is 2.20 bits per heavy atom. The molecule has 0 bridgehead atoms. The standard InChI is InChI=1S/C18H14N4O3/c1-11-16-13(17(23)20-10-12-4-2-6-19-9-12)8-14(15-5-3-7-24-15)21-18(16)25-22-11/h2-9H,10H2,1H3,(H,20,23). The number of carbonyl (C=O) groups excluding carboxylic acids is 1. The first-order valence-electron chi connectivity index (χ1n) is 7.70. The first-order chi connectivity index (χ1) is 12.2. The van der Waals surface area contributed by atoms with Crippen molar-refractivity contribution in [1.82, 2.24) is 20.4 Å². The van der Waals surface area contributed by atoms with Crippen molar-refractivity contribution in [2.45, 2.75) is 13.5 Å². The van der Waals surface area contributed by atoms with E-state index in [1.165, 1.54) is 0 Å². The van der Waals surface area contributed by atoms with Gasteiger partial charge in [0, 0.05) is 18.9 Å². The van der Waals surface area contributed by atoms with Gasteiger partial charge in [-0.1, -0.05) is 11.2 Å². The van der Waals surface area contributed by atoms with Crippen LogP contribution in [-0.2, 0) is 6.54 Å². The number of amides is 1. The van der Waals surface area contributed by atoms with Crippen LogP contribution < -0.4 is 5.32 Å². The van der Waals surface area contributed by atoms with Crippen LogP contribution in [0.3, 0.4) is 0 Å². The molecule has 124 valence electrons. The van der Waals surface area contributed by atoms with E-state index >= 15 is 0 Å². The summed E-state index contributed by atoms with van der Waals surface area (Å²) < 4.78 is 10.6. The number of pyridine rings is 2. The molecule has 0 aliphatic rings. The zero-order chi connectivity index (χ0) is 17.2. The van der Waals surface area contributed by atoms with E-state index < -0.39 is 0 Å². The van der Waals surface area contributed by atoms with E-state index in [0.717, 1.165) is 5.56 Å². The number of aryl methyl sites for hydroxylation is 1. The Labute approximate surface area is 142 Å². The third-order valence-corrected chi connectivity index (χ3v) is 3.81. The zero-order valence-electron chi connectivity index (χ0n) is 13.4. The highest BCUT2D eigenvalue weighted by Gasteiger charge is 2.20. The molecule has 0 spiro atoms. The van der Waals surface area contributed by atoms with Crippen LogP contribution in [0.5, 0.6) is 0 Å². The molecule has 0 saturated carbocycles. The van der Waals surface area contributed by atoms with Gasteiger partial charge in [0.15, 0.2) is 5.76 Å². The van der Waals surface area contributed by atoms with Gasteiger partial charge in [0.25, 0.3) is 11.6 Å². The Kier molecular flexibility index (Phi) is 3.74. The molecule has 0 radical (unpaired) electrons.